The molecule has 1 unspecified atom stereocenters. The molecule has 0 aliphatic carbocycles. The van der Waals surface area contributed by atoms with E-state index in [0.29, 0.717) is 12.3 Å². The van der Waals surface area contributed by atoms with Crippen molar-refractivity contribution in [3.05, 3.63) is 52.2 Å². The lowest BCUT2D eigenvalue weighted by Gasteiger charge is -2.34. The van der Waals surface area contributed by atoms with Crippen LogP contribution in [-0.4, -0.2) is 50.3 Å². The molecule has 1 amide bonds. The average Bonchev–Trinajstić information content (AvgIpc) is 3.17. The zero-order valence-corrected chi connectivity index (χ0v) is 16.5. The van der Waals surface area contributed by atoms with Crippen molar-refractivity contribution in [3.8, 4) is 5.75 Å². The van der Waals surface area contributed by atoms with Gasteiger partial charge in [0.05, 0.1) is 19.3 Å². The van der Waals surface area contributed by atoms with E-state index in [1.807, 2.05) is 31.2 Å². The Morgan fingerprint density at radius 1 is 1.27 bits per heavy atom. The van der Waals surface area contributed by atoms with Crippen LogP contribution in [0.15, 0.2) is 41.8 Å². The molecule has 1 aromatic carbocycles. The molecule has 2 heterocycles. The molecule has 26 heavy (non-hydrogen) atoms. The Hall–Kier alpha value is -1.60. The average molecular weight is 397 g/mol. The maximum absolute atomic E-state index is 12.2. The number of benzene rings is 1. The van der Waals surface area contributed by atoms with E-state index in [1.54, 1.807) is 11.3 Å². The molecule has 1 atom stereocenters. The number of ether oxygens (including phenoxy) is 2. The first-order valence-corrected chi connectivity index (χ1v) is 9.42. The fourth-order valence-electron chi connectivity index (χ4n) is 2.82. The highest BCUT2D eigenvalue weighted by atomic mass is 35.5. The van der Waals surface area contributed by atoms with Gasteiger partial charge in [-0.3, -0.25) is 9.69 Å². The zero-order valence-electron chi connectivity index (χ0n) is 14.8. The summed E-state index contributed by atoms with van der Waals surface area (Å²) in [6, 6.07) is 12.1. The Labute approximate surface area is 164 Å². The molecule has 142 valence electrons. The van der Waals surface area contributed by atoms with E-state index in [9.17, 15) is 4.79 Å². The quantitative estimate of drug-likeness (QED) is 0.781. The topological polar surface area (TPSA) is 50.8 Å². The lowest BCUT2D eigenvalue weighted by molar-refractivity contribution is -0.123. The monoisotopic (exact) mass is 396 g/mol. The third-order valence-electron chi connectivity index (χ3n) is 4.24. The molecule has 1 N–H and O–H groups in total. The summed E-state index contributed by atoms with van der Waals surface area (Å²) in [7, 11) is 0. The molecular weight excluding hydrogens is 372 g/mol. The zero-order chi connectivity index (χ0) is 17.5. The highest BCUT2D eigenvalue weighted by Crippen LogP contribution is 2.25. The van der Waals surface area contributed by atoms with Crippen LogP contribution < -0.4 is 10.1 Å². The van der Waals surface area contributed by atoms with Crippen LogP contribution in [0.3, 0.4) is 0 Å². The van der Waals surface area contributed by atoms with E-state index in [1.165, 1.54) is 10.4 Å². The fourth-order valence-corrected chi connectivity index (χ4v) is 3.69. The first-order chi connectivity index (χ1) is 12.2. The molecular formula is C19H25ClN2O3S. The summed E-state index contributed by atoms with van der Waals surface area (Å²) in [4.78, 5) is 15.8. The molecule has 1 fully saturated rings. The van der Waals surface area contributed by atoms with E-state index >= 15 is 0 Å². The standard InChI is InChI=1S/C19H24N2O3S.ClH/c1-15-4-6-16(7-5-15)24-14-19(22)20-13-17(18-3-2-12-25-18)21-8-10-23-11-9-21;/h2-7,12,17H,8-11,13-14H2,1H3,(H,20,22);1H. The second kappa shape index (κ2) is 10.5. The molecule has 1 aromatic heterocycles. The molecule has 2 aromatic rings. The Bertz CT molecular complexity index is 658. The van der Waals surface area contributed by atoms with Crippen molar-refractivity contribution in [2.45, 2.75) is 13.0 Å². The van der Waals surface area contributed by atoms with Crippen LogP contribution in [0.2, 0.25) is 0 Å². The molecule has 0 radical (unpaired) electrons. The first kappa shape index (κ1) is 20.7. The van der Waals surface area contributed by atoms with E-state index in [2.05, 4.69) is 27.7 Å². The van der Waals surface area contributed by atoms with E-state index in [4.69, 9.17) is 9.47 Å². The molecule has 0 spiro atoms. The fraction of sp³-hybridized carbons (Fsp3) is 0.421. The van der Waals surface area contributed by atoms with Gasteiger partial charge in [0.2, 0.25) is 0 Å². The number of morpholine rings is 1. The van der Waals surface area contributed by atoms with Gasteiger partial charge in [0.25, 0.3) is 5.91 Å². The minimum atomic E-state index is -0.101. The second-order valence-electron chi connectivity index (χ2n) is 6.09. The highest BCUT2D eigenvalue weighted by molar-refractivity contribution is 7.10. The van der Waals surface area contributed by atoms with Crippen LogP contribution in [0.1, 0.15) is 16.5 Å². The minimum Gasteiger partial charge on any atom is -0.484 e. The van der Waals surface area contributed by atoms with Gasteiger partial charge in [-0.15, -0.1) is 23.7 Å². The predicted molar refractivity (Wildman–Crippen MR) is 106 cm³/mol. The van der Waals surface area contributed by atoms with E-state index in [-0.39, 0.29) is 31.0 Å². The number of thiophene rings is 1. The highest BCUT2D eigenvalue weighted by Gasteiger charge is 2.23. The number of carbonyl (C=O) groups is 1. The van der Waals surface area contributed by atoms with Crippen LogP contribution in [0, 0.1) is 6.92 Å². The van der Waals surface area contributed by atoms with Crippen molar-refractivity contribution in [2.75, 3.05) is 39.5 Å². The number of hydrogen-bond donors (Lipinski definition) is 1. The van der Waals surface area contributed by atoms with Crippen LogP contribution in [0.5, 0.6) is 5.75 Å². The number of hydrogen-bond acceptors (Lipinski definition) is 5. The summed E-state index contributed by atoms with van der Waals surface area (Å²) >= 11 is 1.72. The summed E-state index contributed by atoms with van der Waals surface area (Å²) in [5.41, 5.74) is 1.17. The summed E-state index contributed by atoms with van der Waals surface area (Å²) in [6.45, 7) is 5.89. The van der Waals surface area contributed by atoms with Gasteiger partial charge in [-0.25, -0.2) is 0 Å². The predicted octanol–water partition coefficient (Wildman–Crippen LogP) is 3.05. The van der Waals surface area contributed by atoms with Crippen LogP contribution in [0.25, 0.3) is 0 Å². The van der Waals surface area contributed by atoms with Gasteiger partial charge in [-0.05, 0) is 30.5 Å². The Kier molecular flexibility index (Phi) is 8.38. The molecule has 1 aliphatic heterocycles. The Morgan fingerprint density at radius 3 is 2.65 bits per heavy atom. The number of aryl methyl sites for hydroxylation is 1. The van der Waals surface area contributed by atoms with Crippen molar-refractivity contribution >= 4 is 29.7 Å². The van der Waals surface area contributed by atoms with Gasteiger partial charge in [0.15, 0.2) is 6.61 Å². The summed E-state index contributed by atoms with van der Waals surface area (Å²) in [5, 5.41) is 5.08. The molecule has 1 saturated heterocycles. The molecule has 5 nitrogen and oxygen atoms in total. The number of carbonyl (C=O) groups excluding carboxylic acids is 1. The number of halogens is 1. The first-order valence-electron chi connectivity index (χ1n) is 8.54. The maximum atomic E-state index is 12.2. The van der Waals surface area contributed by atoms with Crippen molar-refractivity contribution in [1.82, 2.24) is 10.2 Å². The minimum absolute atomic E-state index is 0. The number of nitrogens with zero attached hydrogens (tertiary/aromatic N) is 1. The molecule has 0 saturated carbocycles. The normalized spacial score (nSPS) is 15.7. The van der Waals surface area contributed by atoms with Gasteiger partial charge >= 0.3 is 0 Å². The summed E-state index contributed by atoms with van der Waals surface area (Å²) < 4.78 is 11.0. The van der Waals surface area contributed by atoms with E-state index in [0.717, 1.165) is 26.3 Å². The van der Waals surface area contributed by atoms with Gasteiger partial charge in [0.1, 0.15) is 5.75 Å². The maximum Gasteiger partial charge on any atom is 0.258 e. The molecule has 7 heteroatoms. The number of nitrogens with one attached hydrogen (secondary N) is 1. The number of amides is 1. The van der Waals surface area contributed by atoms with Gasteiger partial charge in [-0.1, -0.05) is 23.8 Å². The molecule has 0 bridgehead atoms. The lowest BCUT2D eigenvalue weighted by Crippen LogP contribution is -2.44. The van der Waals surface area contributed by atoms with Gasteiger partial charge in [-0.2, -0.15) is 0 Å². The largest absolute Gasteiger partial charge is 0.484 e. The van der Waals surface area contributed by atoms with Gasteiger partial charge in [0, 0.05) is 24.5 Å². The SMILES string of the molecule is Cc1ccc(OCC(=O)NCC(c2cccs2)N2CCOCC2)cc1.Cl. The smallest absolute Gasteiger partial charge is 0.258 e. The van der Waals surface area contributed by atoms with Crippen molar-refractivity contribution in [1.29, 1.82) is 0 Å². The molecule has 3 rings (SSSR count). The van der Waals surface area contributed by atoms with Crippen molar-refractivity contribution in [2.24, 2.45) is 0 Å². The third kappa shape index (κ3) is 5.99. The Morgan fingerprint density at radius 2 is 2.00 bits per heavy atom. The van der Waals surface area contributed by atoms with E-state index < -0.39 is 0 Å². The van der Waals surface area contributed by atoms with Crippen LogP contribution in [-0.2, 0) is 9.53 Å². The van der Waals surface area contributed by atoms with Gasteiger partial charge < -0.3 is 14.8 Å². The van der Waals surface area contributed by atoms with Crippen molar-refractivity contribution in [3.63, 3.8) is 0 Å². The van der Waals surface area contributed by atoms with Crippen LogP contribution in [0.4, 0.5) is 0 Å². The molecule has 1 aliphatic rings. The summed E-state index contributed by atoms with van der Waals surface area (Å²) in [6.07, 6.45) is 0. The van der Waals surface area contributed by atoms with Crippen molar-refractivity contribution < 1.29 is 14.3 Å². The lowest BCUT2D eigenvalue weighted by atomic mass is 10.2. The number of rotatable bonds is 7. The summed E-state index contributed by atoms with van der Waals surface area (Å²) in [5.74, 6) is 0.610. The third-order valence-corrected chi connectivity index (χ3v) is 5.22. The second-order valence-corrected chi connectivity index (χ2v) is 7.06. The Balaban J connectivity index is 0.00000243. The van der Waals surface area contributed by atoms with Crippen LogP contribution >= 0.6 is 23.7 Å².